The van der Waals surface area contributed by atoms with Crippen LogP contribution in [-0.2, 0) is 44.9 Å². The van der Waals surface area contributed by atoms with Crippen LogP contribution in [0.15, 0.2) is 195 Å². The molecule has 12 rings (SSSR count). The molecule has 0 saturated carbocycles. The molecule has 0 fully saturated rings. The number of halogens is 4. The summed E-state index contributed by atoms with van der Waals surface area (Å²) in [5.41, 5.74) is 5.04. The predicted octanol–water partition coefficient (Wildman–Crippen LogP) is 19.7. The fourth-order valence-corrected chi connectivity index (χ4v) is 12.5. The van der Waals surface area contributed by atoms with Crippen LogP contribution in [0.5, 0.6) is 23.0 Å². The van der Waals surface area contributed by atoms with Gasteiger partial charge in [-0.3, -0.25) is 39.1 Å². The molecule has 0 aliphatic carbocycles. The Kier molecular flexibility index (Phi) is 24.0. The lowest BCUT2D eigenvalue weighted by atomic mass is 10.0. The van der Waals surface area contributed by atoms with Crippen LogP contribution in [-0.4, -0.2) is 171 Å². The number of carbonyl (C=O) groups is 4. The number of likely N-dealkylation sites (N-methyl/N-ethyl adjacent to an activating group) is 4. The molecule has 24 nitrogen and oxygen atoms in total. The Bertz CT molecular complexity index is 8130. The van der Waals surface area contributed by atoms with E-state index in [2.05, 4.69) is 47.3 Å². The smallest absolute Gasteiger partial charge is 0.159 e. The molecule has 680 valence electrons. The van der Waals surface area contributed by atoms with Crippen LogP contribution in [0.2, 0.25) is 0 Å². The van der Waals surface area contributed by atoms with Gasteiger partial charge in [-0.2, -0.15) is 21.0 Å². The zero-order chi connectivity index (χ0) is 123. The van der Waals surface area contributed by atoms with E-state index >= 15 is 0 Å². The third-order valence-electron chi connectivity index (χ3n) is 18.5. The van der Waals surface area contributed by atoms with E-state index in [1.807, 2.05) is 37.2 Å². The first-order valence-electron chi connectivity index (χ1n) is 55.4. The second kappa shape index (κ2) is 48.9. The van der Waals surface area contributed by atoms with Crippen LogP contribution in [0.1, 0.15) is 137 Å². The van der Waals surface area contributed by atoms with E-state index in [1.165, 1.54) is 117 Å². The normalized spacial score (nSPS) is 16.0. The fraction of sp³-hybridized carbons (Fsp3) is 0.269. The number of aromatic nitrogens is 4. The summed E-state index contributed by atoms with van der Waals surface area (Å²) in [5, 5.41) is 52.2. The predicted molar refractivity (Wildman–Crippen MR) is 514 cm³/mol. The number of hydrogen-bond acceptors (Lipinski definition) is 24. The second-order valence-electron chi connectivity index (χ2n) is 28.9. The Morgan fingerprint density at radius 1 is 0.424 bits per heavy atom. The van der Waals surface area contributed by atoms with Crippen molar-refractivity contribution in [2.45, 2.75) is 81.0 Å². The van der Waals surface area contributed by atoms with E-state index in [0.29, 0.717) is 72.9 Å². The highest BCUT2D eigenvalue weighted by Crippen LogP contribution is 2.40. The third-order valence-corrected chi connectivity index (χ3v) is 18.5. The number of ether oxygens (including phenoxy) is 4. The molecule has 0 aliphatic rings. The first-order chi connectivity index (χ1) is 75.5. The average molecular weight is 1820 g/mol. The SMILES string of the molecule is [2H]/C(C(=O)Cc1cc2c(Nc3ccc(F)c(C)c3)c(C#N)cnc2cc1OC([2H])([2H])C([2H])([2H])[2H])=C(/[2H])C([2H])([2H])N(C)C([2H])([2H])[2H].[2H]/C(C(=O)Cc1cc2c(Nc3ccc(F)c(C)c3)c(C#N)cnc2cc1OC([2H])([2H])C)=C(/[2H])C([2H])([2H])N(C)C([2H])([2H])[2H].[2H]/C(C(=O)Cc1cc2c(Nc3ccc(F)c(C)c3)c(C#N)cnc2cc1OCC)=C(/[2H])C([2H])([2H])N(C)C([2H])([2H])[2H].[2H]c1nc2c([2H])c(OCC)c(CC(=O)/C=C/CN(C)C)c([2H])c2c(Nc2ccc(F)c(C)c2)c1C#N. The molecule has 0 amide bonds. The highest BCUT2D eigenvalue weighted by atomic mass is 19.1. The van der Waals surface area contributed by atoms with Crippen molar-refractivity contribution >= 4 is 112 Å². The summed E-state index contributed by atoms with van der Waals surface area (Å²) in [6.45, 7) is -14.8. The van der Waals surface area contributed by atoms with Gasteiger partial charge in [0.2, 0.25) is 0 Å². The molecule has 4 heterocycles. The van der Waals surface area contributed by atoms with E-state index in [0.717, 1.165) is 34.1 Å². The van der Waals surface area contributed by atoms with Crippen molar-refractivity contribution in [3.63, 3.8) is 0 Å². The van der Waals surface area contributed by atoms with Crippen LogP contribution < -0.4 is 40.2 Å². The van der Waals surface area contributed by atoms with Crippen molar-refractivity contribution in [2.75, 3.05) is 130 Å². The fourth-order valence-electron chi connectivity index (χ4n) is 12.5. The Morgan fingerprint density at radius 2 is 0.765 bits per heavy atom. The number of benzene rings is 8. The topological polar surface area (TPSA) is 313 Å². The summed E-state index contributed by atoms with van der Waals surface area (Å²) < 4.78 is 321. The van der Waals surface area contributed by atoms with Gasteiger partial charge in [-0.25, -0.2) is 17.6 Å². The van der Waals surface area contributed by atoms with E-state index in [-0.39, 0.29) is 165 Å². The van der Waals surface area contributed by atoms with Crippen molar-refractivity contribution in [1.29, 1.82) is 21.0 Å². The number of nitrogens with one attached hydrogen (secondary N) is 4. The van der Waals surface area contributed by atoms with Crippen LogP contribution in [0.25, 0.3) is 43.6 Å². The number of ketones is 4. The number of allylic oxidation sites excluding steroid dienone is 4. The van der Waals surface area contributed by atoms with Gasteiger partial charge in [0.05, 0.1) is 111 Å². The Hall–Kier alpha value is -15.0. The highest BCUT2D eigenvalue weighted by molar-refractivity contribution is 6.03. The Labute approximate surface area is 811 Å². The summed E-state index contributed by atoms with van der Waals surface area (Å²) in [5.74, 6) is -5.53. The number of nitrogens with zero attached hydrogens (tertiary/aromatic N) is 12. The molecule has 8 aromatic carbocycles. The highest BCUT2D eigenvalue weighted by Gasteiger charge is 2.23. The van der Waals surface area contributed by atoms with E-state index < -0.39 is 162 Å². The quantitative estimate of drug-likeness (QED) is 0.0209. The second-order valence-corrected chi connectivity index (χ2v) is 28.9. The lowest BCUT2D eigenvalue weighted by Gasteiger charge is -2.15. The number of carbonyl (C=O) groups excluding carboxylic acids is 4. The monoisotopic (exact) mass is 1820 g/mol. The number of anilines is 8. The Morgan fingerprint density at radius 3 is 1.09 bits per heavy atom. The van der Waals surface area contributed by atoms with Gasteiger partial charge in [-0.05, 0) is 255 Å². The molecular formula is C104H108F4N16O8. The maximum Gasteiger partial charge on any atom is 0.159 e. The summed E-state index contributed by atoms with van der Waals surface area (Å²) in [4.78, 5) is 71.6. The summed E-state index contributed by atoms with van der Waals surface area (Å²) in [6, 6.07) is 25.9. The van der Waals surface area contributed by atoms with Gasteiger partial charge in [0.1, 0.15) is 70.5 Å². The number of aryl methyl sites for hydroxylation is 4. The number of rotatable bonds is 36. The van der Waals surface area contributed by atoms with Crippen LogP contribution in [0, 0.1) is 96.3 Å². The van der Waals surface area contributed by atoms with Gasteiger partial charge in [-0.15, -0.1) is 0 Å². The molecule has 4 N–H and O–H groups in total. The lowest BCUT2D eigenvalue weighted by molar-refractivity contribution is -0.114. The molecule has 0 unspecified atom stereocenters. The minimum absolute atomic E-state index is 0.00339. The lowest BCUT2D eigenvalue weighted by Crippen LogP contribution is -2.11. The Balaban J connectivity index is 0.000000240. The van der Waals surface area contributed by atoms with Crippen molar-refractivity contribution in [2.24, 2.45) is 0 Å². The zero-order valence-corrected chi connectivity index (χ0v) is 73.4. The molecule has 132 heavy (non-hydrogen) atoms. The van der Waals surface area contributed by atoms with Crippen LogP contribution in [0.3, 0.4) is 0 Å². The largest absolute Gasteiger partial charge is 0.494 e. The number of hydrogen-bond donors (Lipinski definition) is 4. The number of pyridine rings is 4. The minimum atomic E-state index is -3.29. The summed E-state index contributed by atoms with van der Waals surface area (Å²) in [6.07, 6.45) is 4.37. The standard InChI is InChI=1S/4C26H27FN4O2/c4*1-5-33-25-14-24-22(13-18(25)12-21(32)7-6-10-31(3)4)26(19(15-28)16-29-24)30-20-8-9-23(27)17(2)11-20/h4*6-9,11,13-14,16H,5,10,12H2,1-4H3,(H,29,30)/b4*7-6+/i1D3,3D3,5D2,6D,7D,10D2;3D3,5D2,6D,7D,10D2;3D3,6D,7D,10D2;13D,14D,16D. The molecule has 0 aliphatic heterocycles. The molecule has 0 saturated heterocycles. The molecule has 0 bridgehead atoms. The summed E-state index contributed by atoms with van der Waals surface area (Å²) in [7, 11) is 6.43. The molecule has 4 aromatic heterocycles. The zero-order valence-electron chi connectivity index (χ0n) is 104. The summed E-state index contributed by atoms with van der Waals surface area (Å²) >= 11 is 0. The number of fused-ring (bicyclic) bond motifs is 4. The molecule has 0 atom stereocenters. The first-order valence-corrected chi connectivity index (χ1v) is 39.9. The van der Waals surface area contributed by atoms with Crippen LogP contribution >= 0.6 is 0 Å². The van der Waals surface area contributed by atoms with E-state index in [4.69, 9.17) is 61.4 Å². The van der Waals surface area contributed by atoms with Gasteiger partial charge in [0.25, 0.3) is 0 Å². The molecule has 12 aromatic rings. The molecular weight excluding hydrogens is 1680 g/mol. The van der Waals surface area contributed by atoms with E-state index in [9.17, 15) is 57.8 Å². The van der Waals surface area contributed by atoms with Gasteiger partial charge in [0.15, 0.2) is 23.1 Å². The maximum absolute atomic E-state index is 13.9. The van der Waals surface area contributed by atoms with Gasteiger partial charge >= 0.3 is 0 Å². The van der Waals surface area contributed by atoms with Gasteiger partial charge < -0.3 is 59.8 Å². The molecule has 0 spiro atoms. The van der Waals surface area contributed by atoms with Gasteiger partial charge in [-0.1, -0.05) is 24.2 Å². The van der Waals surface area contributed by atoms with Crippen molar-refractivity contribution < 1.29 is 98.2 Å². The molecule has 28 heteroatoms. The van der Waals surface area contributed by atoms with Crippen molar-refractivity contribution in [1.82, 2.24) is 39.5 Å². The third kappa shape index (κ3) is 28.5. The van der Waals surface area contributed by atoms with Gasteiger partial charge in [0, 0.05) is 192 Å². The van der Waals surface area contributed by atoms with Crippen molar-refractivity contribution in [3.05, 3.63) is 285 Å². The van der Waals surface area contributed by atoms with E-state index in [1.54, 1.807) is 58.9 Å². The number of nitriles is 4. The van der Waals surface area contributed by atoms with Crippen LogP contribution in [0.4, 0.5) is 63.1 Å². The molecule has 0 radical (unpaired) electrons. The minimum Gasteiger partial charge on any atom is -0.494 e. The van der Waals surface area contributed by atoms with Crippen molar-refractivity contribution in [3.8, 4) is 47.3 Å². The average Bonchev–Trinajstić information content (AvgIpc) is 0.733. The maximum atomic E-state index is 13.9. The first kappa shape index (κ1) is 64.7.